The van der Waals surface area contributed by atoms with Crippen LogP contribution in [-0.4, -0.2) is 25.1 Å². The maximum Gasteiger partial charge on any atom is 0.230 e. The third-order valence-corrected chi connectivity index (χ3v) is 6.31. The molecule has 0 saturated carbocycles. The number of rotatable bonds is 5. The second-order valence-corrected chi connectivity index (χ2v) is 8.71. The fourth-order valence-corrected chi connectivity index (χ4v) is 4.07. The van der Waals surface area contributed by atoms with Crippen molar-refractivity contribution >= 4 is 42.4 Å². The summed E-state index contributed by atoms with van der Waals surface area (Å²) < 4.78 is 37.4. The van der Waals surface area contributed by atoms with E-state index in [1.54, 1.807) is 25.1 Å². The van der Waals surface area contributed by atoms with E-state index in [4.69, 9.17) is 0 Å². The summed E-state index contributed by atoms with van der Waals surface area (Å²) in [5.74, 6) is -0.591. The zero-order valence-electron chi connectivity index (χ0n) is 13.3. The lowest BCUT2D eigenvalue weighted by atomic mass is 10.1. The molecule has 0 aliphatic heterocycles. The molecule has 2 aromatic carbocycles. The molecule has 0 bridgehead atoms. The molecule has 0 aliphatic rings. The first-order valence-corrected chi connectivity index (χ1v) is 10.0. The fraction of sp³-hybridized carbons (Fsp3) is 0.176. The van der Waals surface area contributed by atoms with Crippen LogP contribution in [0.15, 0.2) is 47.4 Å². The molecule has 0 saturated heterocycles. The predicted molar refractivity (Wildman–Crippen MR) is 96.1 cm³/mol. The normalized spacial score (nSPS) is 11.6. The van der Waals surface area contributed by atoms with Crippen LogP contribution in [0, 0.1) is 5.82 Å². The van der Waals surface area contributed by atoms with E-state index in [-0.39, 0.29) is 28.8 Å². The lowest BCUT2D eigenvalue weighted by Crippen LogP contribution is -2.14. The minimum atomic E-state index is -3.25. The van der Waals surface area contributed by atoms with Crippen LogP contribution in [0.25, 0.3) is 10.2 Å². The molecule has 3 aromatic rings. The molecule has 5 nitrogen and oxygen atoms in total. The minimum Gasteiger partial charge on any atom is -0.302 e. The quantitative estimate of drug-likeness (QED) is 0.738. The number of aromatic nitrogens is 1. The van der Waals surface area contributed by atoms with E-state index < -0.39 is 9.84 Å². The van der Waals surface area contributed by atoms with Crippen molar-refractivity contribution in [2.45, 2.75) is 18.2 Å². The topological polar surface area (TPSA) is 76.1 Å². The van der Waals surface area contributed by atoms with E-state index in [1.807, 2.05) is 0 Å². The molecule has 25 heavy (non-hydrogen) atoms. The van der Waals surface area contributed by atoms with E-state index in [0.29, 0.717) is 20.9 Å². The summed E-state index contributed by atoms with van der Waals surface area (Å²) in [4.78, 5) is 16.6. The van der Waals surface area contributed by atoms with Gasteiger partial charge >= 0.3 is 0 Å². The summed E-state index contributed by atoms with van der Waals surface area (Å²) in [6.45, 7) is 1.58. The number of benzene rings is 2. The monoisotopic (exact) mass is 378 g/mol. The Labute approximate surface area is 148 Å². The van der Waals surface area contributed by atoms with Crippen molar-refractivity contribution < 1.29 is 17.6 Å². The van der Waals surface area contributed by atoms with Crippen molar-refractivity contribution in [2.24, 2.45) is 0 Å². The number of amides is 1. The molecular formula is C17H15FN2O3S2. The summed E-state index contributed by atoms with van der Waals surface area (Å²) in [5.41, 5.74) is 1.32. The lowest BCUT2D eigenvalue weighted by molar-refractivity contribution is -0.115. The molecule has 0 fully saturated rings. The van der Waals surface area contributed by atoms with E-state index in [1.165, 1.54) is 35.6 Å². The van der Waals surface area contributed by atoms with E-state index >= 15 is 0 Å². The summed E-state index contributed by atoms with van der Waals surface area (Å²) >= 11 is 1.20. The molecule has 8 heteroatoms. The maximum absolute atomic E-state index is 13.2. The number of carbonyl (C=O) groups is 1. The van der Waals surface area contributed by atoms with Crippen LogP contribution >= 0.6 is 11.3 Å². The number of sulfone groups is 1. The number of thiazole rings is 1. The summed E-state index contributed by atoms with van der Waals surface area (Å²) in [5, 5.41) is 3.08. The van der Waals surface area contributed by atoms with E-state index in [9.17, 15) is 17.6 Å². The highest BCUT2D eigenvalue weighted by molar-refractivity contribution is 7.91. The smallest absolute Gasteiger partial charge is 0.230 e. The zero-order valence-corrected chi connectivity index (χ0v) is 15.0. The molecule has 0 spiro atoms. The Morgan fingerprint density at radius 3 is 2.60 bits per heavy atom. The second kappa shape index (κ2) is 6.89. The van der Waals surface area contributed by atoms with Crippen molar-refractivity contribution in [3.63, 3.8) is 0 Å². The maximum atomic E-state index is 13.2. The first-order valence-electron chi connectivity index (χ1n) is 7.55. The molecule has 1 heterocycles. The molecule has 0 aliphatic carbocycles. The average molecular weight is 378 g/mol. The molecule has 0 atom stereocenters. The molecule has 1 aromatic heterocycles. The Kier molecular flexibility index (Phi) is 4.82. The van der Waals surface area contributed by atoms with Gasteiger partial charge in [0.1, 0.15) is 5.82 Å². The van der Waals surface area contributed by atoms with Gasteiger partial charge in [0, 0.05) is 0 Å². The Bertz CT molecular complexity index is 1030. The van der Waals surface area contributed by atoms with Gasteiger partial charge in [0.05, 0.1) is 27.3 Å². The number of nitrogens with zero attached hydrogens (tertiary/aromatic N) is 1. The molecule has 3 rings (SSSR count). The van der Waals surface area contributed by atoms with Crippen LogP contribution in [0.4, 0.5) is 9.52 Å². The number of anilines is 1. The molecule has 1 amide bonds. The molecule has 130 valence electrons. The lowest BCUT2D eigenvalue weighted by Gasteiger charge is -2.04. The van der Waals surface area contributed by atoms with Gasteiger partial charge in [0.25, 0.3) is 0 Å². The van der Waals surface area contributed by atoms with Gasteiger partial charge in [-0.3, -0.25) is 4.79 Å². The van der Waals surface area contributed by atoms with Gasteiger partial charge in [-0.05, 0) is 35.9 Å². The van der Waals surface area contributed by atoms with Crippen LogP contribution in [-0.2, 0) is 21.1 Å². The summed E-state index contributed by atoms with van der Waals surface area (Å²) in [6, 6.07) is 10.5. The number of nitrogens with one attached hydrogen (secondary N) is 1. The number of hydrogen-bond donors (Lipinski definition) is 1. The van der Waals surface area contributed by atoms with Crippen LogP contribution in [0.5, 0.6) is 0 Å². The molecule has 1 N–H and O–H groups in total. The summed E-state index contributed by atoms with van der Waals surface area (Å²) in [7, 11) is -3.25. The van der Waals surface area contributed by atoms with Gasteiger partial charge in [-0.2, -0.15) is 0 Å². The van der Waals surface area contributed by atoms with Crippen LogP contribution in [0.2, 0.25) is 0 Å². The summed E-state index contributed by atoms with van der Waals surface area (Å²) in [6.07, 6.45) is 0.0940. The Morgan fingerprint density at radius 2 is 1.92 bits per heavy atom. The van der Waals surface area contributed by atoms with Crippen molar-refractivity contribution in [1.82, 2.24) is 4.98 Å². The van der Waals surface area contributed by atoms with Gasteiger partial charge in [0.15, 0.2) is 15.0 Å². The van der Waals surface area contributed by atoms with Crippen molar-refractivity contribution in [3.8, 4) is 0 Å². The highest BCUT2D eigenvalue weighted by atomic mass is 32.2. The van der Waals surface area contributed by atoms with Crippen LogP contribution < -0.4 is 5.32 Å². The molecular weight excluding hydrogens is 363 g/mol. The first kappa shape index (κ1) is 17.5. The standard InChI is InChI=1S/C17H15FN2O3S2/c1-2-25(22,23)13-6-3-11(4-7-13)9-16(21)20-17-19-14-8-5-12(18)10-15(14)24-17/h3-8,10H,2,9H2,1H3,(H,19,20,21). The minimum absolute atomic E-state index is 0.0328. The first-order chi connectivity index (χ1) is 11.9. The van der Waals surface area contributed by atoms with Crippen LogP contribution in [0.3, 0.4) is 0 Å². The average Bonchev–Trinajstić information content (AvgIpc) is 2.96. The van der Waals surface area contributed by atoms with Gasteiger partial charge in [-0.15, -0.1) is 0 Å². The zero-order chi connectivity index (χ0) is 18.0. The fourth-order valence-electron chi connectivity index (χ4n) is 2.28. The number of hydrogen-bond acceptors (Lipinski definition) is 5. The number of fused-ring (bicyclic) bond motifs is 1. The Morgan fingerprint density at radius 1 is 1.20 bits per heavy atom. The third-order valence-electron chi connectivity index (χ3n) is 3.62. The van der Waals surface area contributed by atoms with Gasteiger partial charge in [0.2, 0.25) is 5.91 Å². The highest BCUT2D eigenvalue weighted by Gasteiger charge is 2.13. The Balaban J connectivity index is 1.69. The predicted octanol–water partition coefficient (Wildman–Crippen LogP) is 3.41. The largest absolute Gasteiger partial charge is 0.302 e. The van der Waals surface area contributed by atoms with Crippen molar-refractivity contribution in [2.75, 3.05) is 11.1 Å². The number of carbonyl (C=O) groups excluding carboxylic acids is 1. The molecule has 0 radical (unpaired) electrons. The SMILES string of the molecule is CCS(=O)(=O)c1ccc(CC(=O)Nc2nc3ccc(F)cc3s2)cc1. The van der Waals surface area contributed by atoms with Gasteiger partial charge in [-0.1, -0.05) is 30.4 Å². The van der Waals surface area contributed by atoms with Gasteiger partial charge < -0.3 is 5.32 Å². The van der Waals surface area contributed by atoms with Crippen molar-refractivity contribution in [3.05, 3.63) is 53.8 Å². The highest BCUT2D eigenvalue weighted by Crippen LogP contribution is 2.26. The van der Waals surface area contributed by atoms with E-state index in [0.717, 1.165) is 0 Å². The van der Waals surface area contributed by atoms with Gasteiger partial charge in [-0.25, -0.2) is 17.8 Å². The van der Waals surface area contributed by atoms with Crippen LogP contribution in [0.1, 0.15) is 12.5 Å². The third kappa shape index (κ3) is 4.02. The number of halogens is 1. The van der Waals surface area contributed by atoms with E-state index in [2.05, 4.69) is 10.3 Å². The second-order valence-electron chi connectivity index (χ2n) is 5.40. The molecule has 0 unspecified atom stereocenters. The Hall–Kier alpha value is -2.32. The van der Waals surface area contributed by atoms with Crippen molar-refractivity contribution in [1.29, 1.82) is 0 Å².